The van der Waals surface area contributed by atoms with Crippen LogP contribution in [0.4, 0.5) is 4.39 Å². The fourth-order valence-electron chi connectivity index (χ4n) is 3.67. The summed E-state index contributed by atoms with van der Waals surface area (Å²) in [4.78, 5) is 28.5. The summed E-state index contributed by atoms with van der Waals surface area (Å²) in [5, 5.41) is 0. The highest BCUT2D eigenvalue weighted by atomic mass is 19.1. The first-order valence-electron chi connectivity index (χ1n) is 8.94. The number of rotatable bonds is 4. The Hall–Kier alpha value is -1.91. The van der Waals surface area contributed by atoms with E-state index in [4.69, 9.17) is 0 Å². The van der Waals surface area contributed by atoms with Crippen molar-refractivity contribution in [1.82, 2.24) is 9.80 Å². The van der Waals surface area contributed by atoms with Gasteiger partial charge in [-0.05, 0) is 37.0 Å². The van der Waals surface area contributed by atoms with Gasteiger partial charge in [-0.1, -0.05) is 25.0 Å². The summed E-state index contributed by atoms with van der Waals surface area (Å²) in [7, 11) is 0. The predicted octanol–water partition coefficient (Wildman–Crippen LogP) is 2.62. The molecule has 3 rings (SSSR count). The summed E-state index contributed by atoms with van der Waals surface area (Å²) in [6.45, 7) is 2.55. The number of amides is 2. The fourth-order valence-corrected chi connectivity index (χ4v) is 3.67. The van der Waals surface area contributed by atoms with E-state index >= 15 is 0 Å². The van der Waals surface area contributed by atoms with Gasteiger partial charge >= 0.3 is 0 Å². The number of nitrogens with zero attached hydrogens (tertiary/aromatic N) is 2. The molecule has 1 aliphatic heterocycles. The van der Waals surface area contributed by atoms with Crippen molar-refractivity contribution in [2.75, 3.05) is 26.2 Å². The molecule has 24 heavy (non-hydrogen) atoms. The van der Waals surface area contributed by atoms with Crippen molar-refractivity contribution in [3.05, 3.63) is 35.6 Å². The van der Waals surface area contributed by atoms with E-state index in [0.29, 0.717) is 39.0 Å². The summed E-state index contributed by atoms with van der Waals surface area (Å²) >= 11 is 0. The zero-order chi connectivity index (χ0) is 16.9. The van der Waals surface area contributed by atoms with Gasteiger partial charge in [0.05, 0.1) is 0 Å². The maximum Gasteiger partial charge on any atom is 0.225 e. The van der Waals surface area contributed by atoms with E-state index in [1.54, 1.807) is 12.1 Å². The zero-order valence-electron chi connectivity index (χ0n) is 14.0. The van der Waals surface area contributed by atoms with Crippen LogP contribution < -0.4 is 0 Å². The standard InChI is InChI=1S/C19H25FN2O2/c20-17-8-5-15(6-9-17)7-10-18(23)21-11-13-22(14-12-21)19(24)16-3-1-2-4-16/h5-6,8-9,16H,1-4,7,10-14H2. The summed E-state index contributed by atoms with van der Waals surface area (Å²) < 4.78 is 12.9. The van der Waals surface area contributed by atoms with Crippen molar-refractivity contribution in [3.63, 3.8) is 0 Å². The summed E-state index contributed by atoms with van der Waals surface area (Å²) in [5.41, 5.74) is 0.972. The third-order valence-corrected chi connectivity index (χ3v) is 5.19. The zero-order valence-corrected chi connectivity index (χ0v) is 14.0. The number of benzene rings is 1. The van der Waals surface area contributed by atoms with Crippen LogP contribution in [0.2, 0.25) is 0 Å². The molecule has 1 saturated heterocycles. The molecule has 2 fully saturated rings. The first-order valence-corrected chi connectivity index (χ1v) is 8.94. The number of piperazine rings is 1. The van der Waals surface area contributed by atoms with E-state index in [1.807, 2.05) is 9.80 Å². The average molecular weight is 332 g/mol. The van der Waals surface area contributed by atoms with Crippen molar-refractivity contribution in [3.8, 4) is 0 Å². The molecule has 0 aromatic heterocycles. The van der Waals surface area contributed by atoms with Gasteiger partial charge in [0.25, 0.3) is 0 Å². The number of aryl methyl sites for hydroxylation is 1. The fraction of sp³-hybridized carbons (Fsp3) is 0.579. The van der Waals surface area contributed by atoms with Gasteiger partial charge in [0.2, 0.25) is 11.8 Å². The average Bonchev–Trinajstić information content (AvgIpc) is 3.15. The van der Waals surface area contributed by atoms with Crippen molar-refractivity contribution in [2.24, 2.45) is 5.92 Å². The van der Waals surface area contributed by atoms with Crippen LogP contribution in [0.1, 0.15) is 37.7 Å². The number of halogens is 1. The minimum Gasteiger partial charge on any atom is -0.339 e. The first-order chi connectivity index (χ1) is 11.6. The Morgan fingerprint density at radius 2 is 1.54 bits per heavy atom. The lowest BCUT2D eigenvalue weighted by molar-refractivity contribution is -0.142. The van der Waals surface area contributed by atoms with E-state index in [9.17, 15) is 14.0 Å². The Balaban J connectivity index is 1.43. The Morgan fingerprint density at radius 3 is 2.17 bits per heavy atom. The molecule has 1 aliphatic carbocycles. The van der Waals surface area contributed by atoms with Gasteiger partial charge in [0.1, 0.15) is 5.82 Å². The molecule has 5 heteroatoms. The number of hydrogen-bond donors (Lipinski definition) is 0. The molecule has 1 saturated carbocycles. The van der Waals surface area contributed by atoms with Crippen molar-refractivity contribution in [1.29, 1.82) is 0 Å². The third kappa shape index (κ3) is 4.13. The van der Waals surface area contributed by atoms with E-state index < -0.39 is 0 Å². The summed E-state index contributed by atoms with van der Waals surface area (Å²) in [5.74, 6) is 0.358. The second-order valence-corrected chi connectivity index (χ2v) is 6.81. The molecule has 0 bridgehead atoms. The topological polar surface area (TPSA) is 40.6 Å². The second-order valence-electron chi connectivity index (χ2n) is 6.81. The van der Waals surface area contributed by atoms with Gasteiger partial charge in [-0.15, -0.1) is 0 Å². The van der Waals surface area contributed by atoms with Crippen LogP contribution in [0, 0.1) is 11.7 Å². The Kier molecular flexibility index (Phi) is 5.48. The molecular formula is C19H25FN2O2. The van der Waals surface area contributed by atoms with Crippen LogP contribution in [-0.4, -0.2) is 47.8 Å². The van der Waals surface area contributed by atoms with Gasteiger partial charge < -0.3 is 9.80 Å². The molecule has 1 aromatic carbocycles. The molecule has 0 atom stereocenters. The van der Waals surface area contributed by atoms with Gasteiger partial charge in [0, 0.05) is 38.5 Å². The van der Waals surface area contributed by atoms with Crippen LogP contribution in [0.5, 0.6) is 0 Å². The molecular weight excluding hydrogens is 307 g/mol. The maximum absolute atomic E-state index is 12.9. The normalized spacial score (nSPS) is 18.9. The summed E-state index contributed by atoms with van der Waals surface area (Å²) in [6.07, 6.45) is 5.43. The smallest absolute Gasteiger partial charge is 0.225 e. The van der Waals surface area contributed by atoms with E-state index in [-0.39, 0.29) is 23.5 Å². The Bertz CT molecular complexity index is 574. The first kappa shape index (κ1) is 16.9. The van der Waals surface area contributed by atoms with E-state index in [1.165, 1.54) is 12.1 Å². The quantitative estimate of drug-likeness (QED) is 0.850. The van der Waals surface area contributed by atoms with Crippen molar-refractivity contribution >= 4 is 11.8 Å². The van der Waals surface area contributed by atoms with Crippen molar-refractivity contribution < 1.29 is 14.0 Å². The monoisotopic (exact) mass is 332 g/mol. The van der Waals surface area contributed by atoms with Crippen LogP contribution in [0.25, 0.3) is 0 Å². The molecule has 0 unspecified atom stereocenters. The van der Waals surface area contributed by atoms with Gasteiger partial charge in [0.15, 0.2) is 0 Å². The number of hydrogen-bond acceptors (Lipinski definition) is 2. The molecule has 2 amide bonds. The molecule has 2 aliphatic rings. The lowest BCUT2D eigenvalue weighted by Crippen LogP contribution is -2.51. The minimum atomic E-state index is -0.256. The minimum absolute atomic E-state index is 0.118. The molecule has 0 spiro atoms. The summed E-state index contributed by atoms with van der Waals surface area (Å²) in [6, 6.07) is 6.29. The Morgan fingerprint density at radius 1 is 0.958 bits per heavy atom. The largest absolute Gasteiger partial charge is 0.339 e. The Labute approximate surface area is 142 Å². The molecule has 1 aromatic rings. The highest BCUT2D eigenvalue weighted by Crippen LogP contribution is 2.27. The maximum atomic E-state index is 12.9. The van der Waals surface area contributed by atoms with Crippen LogP contribution in [-0.2, 0) is 16.0 Å². The predicted molar refractivity (Wildman–Crippen MR) is 89.8 cm³/mol. The van der Waals surface area contributed by atoms with Gasteiger partial charge in [-0.2, -0.15) is 0 Å². The number of carbonyl (C=O) groups is 2. The van der Waals surface area contributed by atoms with Gasteiger partial charge in [-0.3, -0.25) is 9.59 Å². The highest BCUT2D eigenvalue weighted by molar-refractivity contribution is 5.80. The molecule has 4 nitrogen and oxygen atoms in total. The molecule has 0 radical (unpaired) electrons. The van der Waals surface area contributed by atoms with Crippen molar-refractivity contribution in [2.45, 2.75) is 38.5 Å². The number of carbonyl (C=O) groups excluding carboxylic acids is 2. The lowest BCUT2D eigenvalue weighted by Gasteiger charge is -2.36. The van der Waals surface area contributed by atoms with Crippen LogP contribution in [0.3, 0.4) is 0 Å². The van der Waals surface area contributed by atoms with Crippen LogP contribution >= 0.6 is 0 Å². The van der Waals surface area contributed by atoms with E-state index in [0.717, 1.165) is 31.2 Å². The third-order valence-electron chi connectivity index (χ3n) is 5.19. The van der Waals surface area contributed by atoms with Gasteiger partial charge in [-0.25, -0.2) is 4.39 Å². The highest BCUT2D eigenvalue weighted by Gasteiger charge is 2.30. The lowest BCUT2D eigenvalue weighted by atomic mass is 10.1. The molecule has 130 valence electrons. The van der Waals surface area contributed by atoms with E-state index in [2.05, 4.69) is 0 Å². The molecule has 1 heterocycles. The molecule has 0 N–H and O–H groups in total. The van der Waals surface area contributed by atoms with Crippen LogP contribution in [0.15, 0.2) is 24.3 Å². The second kappa shape index (κ2) is 7.77. The SMILES string of the molecule is O=C(CCc1ccc(F)cc1)N1CCN(C(=O)C2CCCC2)CC1.